The van der Waals surface area contributed by atoms with Crippen LogP contribution in [-0.4, -0.2) is 31.3 Å². The monoisotopic (exact) mass is 416 g/mol. The molecule has 1 atom stereocenters. The number of amides is 2. The molecule has 0 spiro atoms. The van der Waals surface area contributed by atoms with E-state index in [1.807, 2.05) is 31.2 Å². The van der Waals surface area contributed by atoms with Crippen molar-refractivity contribution < 1.29 is 19.1 Å². The lowest BCUT2D eigenvalue weighted by Crippen LogP contribution is -2.22. The first kappa shape index (κ1) is 22.6. The van der Waals surface area contributed by atoms with Crippen molar-refractivity contribution in [2.24, 2.45) is 0 Å². The largest absolute Gasteiger partial charge is 0.497 e. The van der Waals surface area contributed by atoms with Crippen LogP contribution in [0.5, 0.6) is 11.5 Å². The van der Waals surface area contributed by atoms with Gasteiger partial charge in [0.15, 0.2) is 0 Å². The summed E-state index contributed by atoms with van der Waals surface area (Å²) in [7, 11) is 3.12. The standard InChI is InChI=1S/C22H28N2O4S/c1-5-6-10-21(25)23-16-8-7-9-18(13-16)29-15(2)22(26)24-19-14-17(27-3)11-12-20(19)28-4/h7-9,11-15H,5-6,10H2,1-4H3,(H,23,25)(H,24,26). The second kappa shape index (κ2) is 11.4. The van der Waals surface area contributed by atoms with Crippen LogP contribution in [0.4, 0.5) is 11.4 Å². The lowest BCUT2D eigenvalue weighted by molar-refractivity contribution is -0.116. The zero-order valence-corrected chi connectivity index (χ0v) is 18.1. The Balaban J connectivity index is 2.01. The summed E-state index contributed by atoms with van der Waals surface area (Å²) < 4.78 is 10.5. The molecular formula is C22H28N2O4S. The van der Waals surface area contributed by atoms with E-state index in [-0.39, 0.29) is 17.1 Å². The van der Waals surface area contributed by atoms with Crippen molar-refractivity contribution in [1.82, 2.24) is 0 Å². The Bertz CT molecular complexity index is 841. The summed E-state index contributed by atoms with van der Waals surface area (Å²) in [6, 6.07) is 12.8. The van der Waals surface area contributed by atoms with Gasteiger partial charge in [-0.15, -0.1) is 11.8 Å². The smallest absolute Gasteiger partial charge is 0.237 e. The van der Waals surface area contributed by atoms with Gasteiger partial charge in [-0.05, 0) is 43.7 Å². The average molecular weight is 417 g/mol. The van der Waals surface area contributed by atoms with Crippen LogP contribution in [0.1, 0.15) is 33.1 Å². The van der Waals surface area contributed by atoms with E-state index in [0.717, 1.165) is 23.4 Å². The van der Waals surface area contributed by atoms with Crippen LogP contribution in [0.3, 0.4) is 0 Å². The molecular weight excluding hydrogens is 388 g/mol. The van der Waals surface area contributed by atoms with Gasteiger partial charge >= 0.3 is 0 Å². The first-order valence-corrected chi connectivity index (χ1v) is 10.4. The molecule has 2 rings (SSSR count). The summed E-state index contributed by atoms with van der Waals surface area (Å²) >= 11 is 1.42. The van der Waals surface area contributed by atoms with Crippen LogP contribution in [-0.2, 0) is 9.59 Å². The highest BCUT2D eigenvalue weighted by molar-refractivity contribution is 8.00. The van der Waals surface area contributed by atoms with Gasteiger partial charge in [0.05, 0.1) is 25.2 Å². The molecule has 2 aromatic carbocycles. The molecule has 1 unspecified atom stereocenters. The summed E-state index contributed by atoms with van der Waals surface area (Å²) in [5.74, 6) is 1.05. The topological polar surface area (TPSA) is 76.7 Å². The minimum absolute atomic E-state index is 0.00455. The number of unbranched alkanes of at least 4 members (excludes halogenated alkanes) is 1. The number of anilines is 2. The molecule has 7 heteroatoms. The number of thioether (sulfide) groups is 1. The molecule has 2 aromatic rings. The second-order valence-corrected chi connectivity index (χ2v) is 7.91. The number of ether oxygens (including phenoxy) is 2. The summed E-state index contributed by atoms with van der Waals surface area (Å²) in [5, 5.41) is 5.45. The molecule has 0 aromatic heterocycles. The van der Waals surface area contributed by atoms with Crippen molar-refractivity contribution in [3.8, 4) is 11.5 Å². The maximum absolute atomic E-state index is 12.7. The van der Waals surface area contributed by atoms with Crippen LogP contribution in [0.25, 0.3) is 0 Å². The fourth-order valence-electron chi connectivity index (χ4n) is 2.61. The molecule has 0 fully saturated rings. The highest BCUT2D eigenvalue weighted by Gasteiger charge is 2.17. The molecule has 2 N–H and O–H groups in total. The zero-order valence-electron chi connectivity index (χ0n) is 17.3. The summed E-state index contributed by atoms with van der Waals surface area (Å²) in [4.78, 5) is 25.5. The number of hydrogen-bond acceptors (Lipinski definition) is 5. The van der Waals surface area contributed by atoms with Gasteiger partial charge in [-0.3, -0.25) is 9.59 Å². The molecule has 156 valence electrons. The van der Waals surface area contributed by atoms with E-state index in [4.69, 9.17) is 9.47 Å². The van der Waals surface area contributed by atoms with E-state index < -0.39 is 0 Å². The predicted molar refractivity (Wildman–Crippen MR) is 118 cm³/mol. The first-order chi connectivity index (χ1) is 14.0. The Kier molecular flexibility index (Phi) is 8.86. The van der Waals surface area contributed by atoms with Crippen LogP contribution >= 0.6 is 11.8 Å². The van der Waals surface area contributed by atoms with E-state index >= 15 is 0 Å². The second-order valence-electron chi connectivity index (χ2n) is 6.50. The first-order valence-electron chi connectivity index (χ1n) is 9.56. The minimum Gasteiger partial charge on any atom is -0.497 e. The molecule has 0 saturated carbocycles. The fraction of sp³-hybridized carbons (Fsp3) is 0.364. The van der Waals surface area contributed by atoms with Gasteiger partial charge in [-0.2, -0.15) is 0 Å². The van der Waals surface area contributed by atoms with E-state index in [0.29, 0.717) is 23.6 Å². The number of carbonyl (C=O) groups is 2. The van der Waals surface area contributed by atoms with Crippen LogP contribution in [0.15, 0.2) is 47.4 Å². The van der Waals surface area contributed by atoms with Gasteiger partial charge in [0.25, 0.3) is 0 Å². The molecule has 0 saturated heterocycles. The van der Waals surface area contributed by atoms with Crippen LogP contribution in [0.2, 0.25) is 0 Å². The molecule has 2 amide bonds. The van der Waals surface area contributed by atoms with E-state index in [1.165, 1.54) is 11.8 Å². The van der Waals surface area contributed by atoms with Gasteiger partial charge in [0.2, 0.25) is 11.8 Å². The molecule has 0 aliphatic heterocycles. The highest BCUT2D eigenvalue weighted by atomic mass is 32.2. The van der Waals surface area contributed by atoms with Crippen molar-refractivity contribution in [1.29, 1.82) is 0 Å². The normalized spacial score (nSPS) is 11.4. The molecule has 0 radical (unpaired) electrons. The summed E-state index contributed by atoms with van der Waals surface area (Å²) in [5.41, 5.74) is 1.29. The lowest BCUT2D eigenvalue weighted by atomic mass is 10.2. The number of nitrogens with one attached hydrogen (secondary N) is 2. The fourth-order valence-corrected chi connectivity index (χ4v) is 3.54. The van der Waals surface area contributed by atoms with Crippen molar-refractivity contribution in [2.75, 3.05) is 24.9 Å². The lowest BCUT2D eigenvalue weighted by Gasteiger charge is -2.15. The Morgan fingerprint density at radius 1 is 1.07 bits per heavy atom. The van der Waals surface area contributed by atoms with Gasteiger partial charge in [-0.1, -0.05) is 19.4 Å². The number of hydrogen-bond donors (Lipinski definition) is 2. The SMILES string of the molecule is CCCCC(=O)Nc1cccc(SC(C)C(=O)Nc2cc(OC)ccc2OC)c1. The van der Waals surface area contributed by atoms with E-state index in [9.17, 15) is 9.59 Å². The average Bonchev–Trinajstić information content (AvgIpc) is 2.72. The van der Waals surface area contributed by atoms with Gasteiger partial charge < -0.3 is 20.1 Å². The van der Waals surface area contributed by atoms with Gasteiger partial charge in [0, 0.05) is 23.1 Å². The maximum atomic E-state index is 12.7. The summed E-state index contributed by atoms with van der Waals surface area (Å²) in [6.07, 6.45) is 2.36. The molecule has 0 heterocycles. The number of rotatable bonds is 10. The molecule has 29 heavy (non-hydrogen) atoms. The Labute approximate surface area is 176 Å². The summed E-state index contributed by atoms with van der Waals surface area (Å²) in [6.45, 7) is 3.89. The molecule has 6 nitrogen and oxygen atoms in total. The minimum atomic E-state index is -0.350. The quantitative estimate of drug-likeness (QED) is 0.536. The molecule has 0 bridgehead atoms. The zero-order chi connectivity index (χ0) is 21.2. The van der Waals surface area contributed by atoms with Crippen molar-refractivity contribution in [3.63, 3.8) is 0 Å². The van der Waals surface area contributed by atoms with Crippen molar-refractivity contribution in [2.45, 2.75) is 43.3 Å². The molecule has 0 aliphatic carbocycles. The van der Waals surface area contributed by atoms with Gasteiger partial charge in [0.1, 0.15) is 11.5 Å². The third kappa shape index (κ3) is 7.02. The van der Waals surface area contributed by atoms with E-state index in [2.05, 4.69) is 17.6 Å². The van der Waals surface area contributed by atoms with Crippen LogP contribution < -0.4 is 20.1 Å². The number of benzene rings is 2. The third-order valence-corrected chi connectivity index (χ3v) is 5.32. The van der Waals surface area contributed by atoms with Crippen LogP contribution in [0, 0.1) is 0 Å². The van der Waals surface area contributed by atoms with Gasteiger partial charge in [-0.25, -0.2) is 0 Å². The van der Waals surface area contributed by atoms with Crippen molar-refractivity contribution in [3.05, 3.63) is 42.5 Å². The highest BCUT2D eigenvalue weighted by Crippen LogP contribution is 2.31. The van der Waals surface area contributed by atoms with Crippen molar-refractivity contribution >= 4 is 35.0 Å². The third-order valence-electron chi connectivity index (χ3n) is 4.22. The number of methoxy groups -OCH3 is 2. The Morgan fingerprint density at radius 3 is 2.55 bits per heavy atom. The Morgan fingerprint density at radius 2 is 1.86 bits per heavy atom. The maximum Gasteiger partial charge on any atom is 0.237 e. The van der Waals surface area contributed by atoms with E-state index in [1.54, 1.807) is 32.4 Å². The predicted octanol–water partition coefficient (Wildman–Crippen LogP) is 4.95. The number of carbonyl (C=O) groups excluding carboxylic acids is 2. The molecule has 0 aliphatic rings. The Hall–Kier alpha value is -2.67.